The number of hydrogen-bond donors (Lipinski definition) is 1. The third kappa shape index (κ3) is 4.08. The Morgan fingerprint density at radius 2 is 2.00 bits per heavy atom. The number of aromatic nitrogens is 1. The first-order valence-corrected chi connectivity index (χ1v) is 8.51. The van der Waals surface area contributed by atoms with E-state index in [1.807, 2.05) is 30.3 Å². The Bertz CT molecular complexity index is 966. The molecule has 134 valence electrons. The zero-order valence-electron chi connectivity index (χ0n) is 14.7. The van der Waals surface area contributed by atoms with Crippen LogP contribution in [0.3, 0.4) is 0 Å². The topological polar surface area (TPSA) is 81.4 Å². The second-order valence-electron chi connectivity index (χ2n) is 5.99. The van der Waals surface area contributed by atoms with Crippen LogP contribution in [0.4, 0.5) is 5.69 Å². The van der Waals surface area contributed by atoms with Crippen molar-refractivity contribution in [1.82, 2.24) is 4.98 Å². The molecule has 0 aliphatic heterocycles. The van der Waals surface area contributed by atoms with Gasteiger partial charge in [-0.3, -0.25) is 4.79 Å². The van der Waals surface area contributed by atoms with Crippen LogP contribution in [-0.2, 0) is 4.79 Å². The van der Waals surface area contributed by atoms with E-state index in [1.165, 1.54) is 6.92 Å². The fourth-order valence-corrected chi connectivity index (χ4v) is 2.73. The molecular formula is C20H20N2O4. The van der Waals surface area contributed by atoms with Crippen molar-refractivity contribution in [3.8, 4) is 6.08 Å². The van der Waals surface area contributed by atoms with Crippen LogP contribution >= 0.6 is 0 Å². The first-order valence-electron chi connectivity index (χ1n) is 8.51. The number of anilines is 1. The van der Waals surface area contributed by atoms with Crippen molar-refractivity contribution in [2.75, 3.05) is 5.32 Å². The van der Waals surface area contributed by atoms with Crippen LogP contribution in [0.5, 0.6) is 6.08 Å². The highest BCUT2D eigenvalue weighted by Gasteiger charge is 2.16. The summed E-state index contributed by atoms with van der Waals surface area (Å²) in [5.74, 6) is -0.198. The summed E-state index contributed by atoms with van der Waals surface area (Å²) in [7, 11) is 0. The molecule has 3 rings (SSSR count). The van der Waals surface area contributed by atoms with Gasteiger partial charge in [-0.05, 0) is 30.2 Å². The summed E-state index contributed by atoms with van der Waals surface area (Å²) in [4.78, 5) is 27.8. The van der Waals surface area contributed by atoms with Gasteiger partial charge in [0.25, 0.3) is 0 Å². The summed E-state index contributed by atoms with van der Waals surface area (Å²) in [5.41, 5.74) is 1.43. The molecule has 0 saturated heterocycles. The Morgan fingerprint density at radius 1 is 1.23 bits per heavy atom. The molecule has 0 radical (unpaired) electrons. The van der Waals surface area contributed by atoms with E-state index in [9.17, 15) is 9.59 Å². The molecule has 1 aromatic heterocycles. The second-order valence-corrected chi connectivity index (χ2v) is 5.99. The maximum Gasteiger partial charge on any atom is 0.397 e. The number of hydrogen-bond acceptors (Lipinski definition) is 5. The molecule has 2 aromatic carbocycles. The molecular weight excluding hydrogens is 332 g/mol. The van der Waals surface area contributed by atoms with Gasteiger partial charge in [0.15, 0.2) is 0 Å². The zero-order valence-corrected chi connectivity index (χ0v) is 14.7. The molecule has 0 aliphatic carbocycles. The highest BCUT2D eigenvalue weighted by Crippen LogP contribution is 2.25. The summed E-state index contributed by atoms with van der Waals surface area (Å²) in [6.07, 6.45) is 1.33. The van der Waals surface area contributed by atoms with Gasteiger partial charge in [-0.15, -0.1) is 0 Å². The van der Waals surface area contributed by atoms with Gasteiger partial charge in [0.1, 0.15) is 6.10 Å². The number of nitrogens with one attached hydrogen (secondary N) is 1. The minimum absolute atomic E-state index is 0.0789. The van der Waals surface area contributed by atoms with Crippen molar-refractivity contribution in [3.05, 3.63) is 64.5 Å². The number of ether oxygens (including phenoxy) is 1. The Kier molecular flexibility index (Phi) is 5.31. The highest BCUT2D eigenvalue weighted by atomic mass is 16.6. The van der Waals surface area contributed by atoms with E-state index in [0.717, 1.165) is 18.4 Å². The van der Waals surface area contributed by atoms with Gasteiger partial charge in [-0.25, -0.2) is 4.79 Å². The fourth-order valence-electron chi connectivity index (χ4n) is 2.73. The van der Waals surface area contributed by atoms with E-state index in [-0.39, 0.29) is 18.1 Å². The van der Waals surface area contributed by atoms with Crippen LogP contribution in [0, 0.1) is 0 Å². The summed E-state index contributed by atoms with van der Waals surface area (Å²) in [5, 5.41) is 3.00. The number of rotatable bonds is 6. The van der Waals surface area contributed by atoms with Crippen LogP contribution in [-0.4, -0.2) is 10.9 Å². The first kappa shape index (κ1) is 17.7. The number of fused-ring (bicyclic) bond motifs is 1. The largest absolute Gasteiger partial charge is 0.442 e. The molecule has 0 aliphatic rings. The minimum atomic E-state index is -0.525. The average Bonchev–Trinajstić information content (AvgIpc) is 2.61. The van der Waals surface area contributed by atoms with E-state index in [4.69, 9.17) is 9.15 Å². The SMILES string of the molecule is CCCC(Oc1nc2cc(NC(C)=O)ccc2c(=O)o1)c1ccccc1. The molecule has 1 heterocycles. The third-order valence-corrected chi connectivity index (χ3v) is 3.90. The maximum atomic E-state index is 12.2. The molecule has 3 aromatic rings. The Morgan fingerprint density at radius 3 is 2.69 bits per heavy atom. The maximum absolute atomic E-state index is 12.2. The summed E-state index contributed by atoms with van der Waals surface area (Å²) in [6, 6.07) is 14.6. The lowest BCUT2D eigenvalue weighted by Gasteiger charge is -2.17. The zero-order chi connectivity index (χ0) is 18.5. The van der Waals surface area contributed by atoms with Crippen LogP contribution in [0.1, 0.15) is 38.4 Å². The summed E-state index contributed by atoms with van der Waals surface area (Å²) in [6.45, 7) is 3.48. The first-order chi connectivity index (χ1) is 12.6. The number of carbonyl (C=O) groups is 1. The fraction of sp³-hybridized carbons (Fsp3) is 0.250. The van der Waals surface area contributed by atoms with Gasteiger partial charge in [0.05, 0.1) is 10.9 Å². The van der Waals surface area contributed by atoms with Crippen molar-refractivity contribution < 1.29 is 13.9 Å². The lowest BCUT2D eigenvalue weighted by molar-refractivity contribution is -0.114. The lowest BCUT2D eigenvalue weighted by atomic mass is 10.1. The number of nitrogens with zero attached hydrogens (tertiary/aromatic N) is 1. The van der Waals surface area contributed by atoms with Crippen molar-refractivity contribution in [1.29, 1.82) is 0 Å². The molecule has 0 spiro atoms. The van der Waals surface area contributed by atoms with Crippen molar-refractivity contribution in [2.45, 2.75) is 32.8 Å². The van der Waals surface area contributed by atoms with Gasteiger partial charge in [-0.2, -0.15) is 4.98 Å². The monoisotopic (exact) mass is 352 g/mol. The van der Waals surface area contributed by atoms with Crippen LogP contribution in [0.2, 0.25) is 0 Å². The quantitative estimate of drug-likeness (QED) is 0.723. The van der Waals surface area contributed by atoms with Crippen LogP contribution in [0.15, 0.2) is 57.7 Å². The molecule has 0 saturated carbocycles. The predicted molar refractivity (Wildman–Crippen MR) is 99.3 cm³/mol. The molecule has 1 amide bonds. The van der Waals surface area contributed by atoms with Crippen LogP contribution < -0.4 is 15.7 Å². The molecule has 0 fully saturated rings. The lowest BCUT2D eigenvalue weighted by Crippen LogP contribution is -2.11. The molecule has 6 nitrogen and oxygen atoms in total. The van der Waals surface area contributed by atoms with Gasteiger partial charge in [0.2, 0.25) is 5.91 Å². The number of carbonyl (C=O) groups excluding carboxylic acids is 1. The molecule has 1 unspecified atom stereocenters. The minimum Gasteiger partial charge on any atom is -0.442 e. The van der Waals surface area contributed by atoms with Crippen LogP contribution in [0.25, 0.3) is 10.9 Å². The van der Waals surface area contributed by atoms with Crippen molar-refractivity contribution >= 4 is 22.5 Å². The smallest absolute Gasteiger partial charge is 0.397 e. The van der Waals surface area contributed by atoms with E-state index in [1.54, 1.807) is 18.2 Å². The molecule has 26 heavy (non-hydrogen) atoms. The average molecular weight is 352 g/mol. The Labute approximate surface area is 150 Å². The van der Waals surface area contributed by atoms with E-state index in [0.29, 0.717) is 16.6 Å². The van der Waals surface area contributed by atoms with Crippen molar-refractivity contribution in [2.24, 2.45) is 0 Å². The summed E-state index contributed by atoms with van der Waals surface area (Å²) < 4.78 is 11.1. The standard InChI is InChI=1S/C20H20N2O4/c1-3-7-18(14-8-5-4-6-9-14)25-20-22-17-12-15(21-13(2)23)10-11-16(17)19(24)26-20/h4-6,8-12,18H,3,7H2,1-2H3,(H,21,23). The van der Waals surface area contributed by atoms with E-state index >= 15 is 0 Å². The van der Waals surface area contributed by atoms with E-state index < -0.39 is 5.63 Å². The predicted octanol–water partition coefficient (Wildman–Crippen LogP) is 4.07. The highest BCUT2D eigenvalue weighted by molar-refractivity contribution is 5.91. The number of amides is 1. The second kappa shape index (κ2) is 7.82. The Balaban J connectivity index is 1.95. The molecule has 1 N–H and O–H groups in total. The summed E-state index contributed by atoms with van der Waals surface area (Å²) >= 11 is 0. The van der Waals surface area contributed by atoms with Gasteiger partial charge >= 0.3 is 11.7 Å². The third-order valence-electron chi connectivity index (χ3n) is 3.90. The van der Waals surface area contributed by atoms with Gasteiger partial charge < -0.3 is 14.5 Å². The Hall–Kier alpha value is -3.15. The molecule has 6 heteroatoms. The normalized spacial score (nSPS) is 11.9. The van der Waals surface area contributed by atoms with Crippen molar-refractivity contribution in [3.63, 3.8) is 0 Å². The molecule has 1 atom stereocenters. The molecule has 0 bridgehead atoms. The number of benzene rings is 2. The van der Waals surface area contributed by atoms with E-state index in [2.05, 4.69) is 17.2 Å². The van der Waals surface area contributed by atoms with Gasteiger partial charge in [-0.1, -0.05) is 43.7 Å². The van der Waals surface area contributed by atoms with Gasteiger partial charge in [0, 0.05) is 12.6 Å².